The van der Waals surface area contributed by atoms with Crippen molar-refractivity contribution in [3.8, 4) is 5.75 Å². The second kappa shape index (κ2) is 6.16. The number of aromatic hydroxyl groups is 1. The van der Waals surface area contributed by atoms with Gasteiger partial charge in [0, 0.05) is 23.4 Å². The summed E-state index contributed by atoms with van der Waals surface area (Å²) in [6, 6.07) is 6.90. The molecule has 0 aromatic heterocycles. The molecule has 0 aliphatic carbocycles. The van der Waals surface area contributed by atoms with Crippen LogP contribution in [0, 0.1) is 0 Å². The van der Waals surface area contributed by atoms with Crippen molar-refractivity contribution < 1.29 is 5.11 Å². The fourth-order valence-electron chi connectivity index (χ4n) is 2.18. The standard InChI is InChI=1S/C15H20N4O/c16-13(11-3-1-2-4-14(11)20)9-12(15(17)18)10-5-7-19-8-6-10/h1-5,9,19-20H,6-8,16-18H2/b13-9-. The zero-order chi connectivity index (χ0) is 14.5. The summed E-state index contributed by atoms with van der Waals surface area (Å²) in [5.74, 6) is 0.368. The Bertz CT molecular complexity index is 583. The number of hydrogen-bond acceptors (Lipinski definition) is 5. The zero-order valence-corrected chi connectivity index (χ0v) is 11.3. The van der Waals surface area contributed by atoms with Gasteiger partial charge in [-0.05, 0) is 36.7 Å². The average molecular weight is 272 g/mol. The Morgan fingerprint density at radius 3 is 2.55 bits per heavy atom. The molecule has 0 amide bonds. The summed E-state index contributed by atoms with van der Waals surface area (Å²) in [4.78, 5) is 0. The summed E-state index contributed by atoms with van der Waals surface area (Å²) in [7, 11) is 0. The quantitative estimate of drug-likeness (QED) is 0.521. The van der Waals surface area contributed by atoms with Crippen LogP contribution in [0.15, 0.2) is 53.4 Å². The van der Waals surface area contributed by atoms with Crippen LogP contribution in [0.5, 0.6) is 5.75 Å². The Balaban J connectivity index is 2.38. The minimum atomic E-state index is 0.135. The van der Waals surface area contributed by atoms with E-state index in [-0.39, 0.29) is 11.6 Å². The maximum atomic E-state index is 9.82. The largest absolute Gasteiger partial charge is 0.507 e. The molecule has 0 atom stereocenters. The van der Waals surface area contributed by atoms with Crippen LogP contribution >= 0.6 is 0 Å². The first kappa shape index (κ1) is 14.0. The first-order valence-corrected chi connectivity index (χ1v) is 6.50. The molecule has 2 rings (SSSR count). The maximum absolute atomic E-state index is 9.82. The molecule has 0 fully saturated rings. The SMILES string of the molecule is NC(N)=C(/C=C(\N)c1ccccc1O)C1=CCNCC1. The van der Waals surface area contributed by atoms with E-state index < -0.39 is 0 Å². The molecule has 20 heavy (non-hydrogen) atoms. The van der Waals surface area contributed by atoms with Gasteiger partial charge in [-0.1, -0.05) is 18.2 Å². The van der Waals surface area contributed by atoms with Crippen molar-refractivity contribution >= 4 is 5.70 Å². The third kappa shape index (κ3) is 3.13. The molecule has 1 aromatic carbocycles. The maximum Gasteiger partial charge on any atom is 0.124 e. The predicted molar refractivity (Wildman–Crippen MR) is 81.2 cm³/mol. The number of hydrogen-bond donors (Lipinski definition) is 5. The van der Waals surface area contributed by atoms with Crippen molar-refractivity contribution in [3.63, 3.8) is 0 Å². The van der Waals surface area contributed by atoms with Crippen molar-refractivity contribution in [1.82, 2.24) is 5.32 Å². The van der Waals surface area contributed by atoms with Gasteiger partial charge in [-0.2, -0.15) is 0 Å². The van der Waals surface area contributed by atoms with E-state index >= 15 is 0 Å². The molecule has 0 spiro atoms. The number of phenolic OH excluding ortho intramolecular Hbond substituents is 1. The van der Waals surface area contributed by atoms with Gasteiger partial charge in [0.2, 0.25) is 0 Å². The molecule has 1 aliphatic heterocycles. The normalized spacial score (nSPS) is 15.6. The molecule has 8 N–H and O–H groups in total. The Kier molecular flexibility index (Phi) is 4.32. The van der Waals surface area contributed by atoms with Crippen LogP contribution in [0.3, 0.4) is 0 Å². The van der Waals surface area contributed by atoms with Crippen molar-refractivity contribution in [2.75, 3.05) is 13.1 Å². The smallest absolute Gasteiger partial charge is 0.124 e. The first-order valence-electron chi connectivity index (χ1n) is 6.50. The number of nitrogens with two attached hydrogens (primary N) is 3. The summed E-state index contributed by atoms with van der Waals surface area (Å²) < 4.78 is 0. The predicted octanol–water partition coefficient (Wildman–Crippen LogP) is 0.741. The number of phenols is 1. The molecule has 0 radical (unpaired) electrons. The van der Waals surface area contributed by atoms with E-state index in [9.17, 15) is 5.11 Å². The Labute approximate surface area is 118 Å². The van der Waals surface area contributed by atoms with Crippen molar-refractivity contribution in [3.05, 3.63) is 58.9 Å². The molecule has 1 heterocycles. The molecule has 0 saturated carbocycles. The van der Waals surface area contributed by atoms with Gasteiger partial charge in [-0.25, -0.2) is 0 Å². The van der Waals surface area contributed by atoms with Crippen LogP contribution in [0.4, 0.5) is 0 Å². The van der Waals surface area contributed by atoms with E-state index in [4.69, 9.17) is 17.2 Å². The minimum Gasteiger partial charge on any atom is -0.507 e. The van der Waals surface area contributed by atoms with E-state index in [1.165, 1.54) is 0 Å². The van der Waals surface area contributed by atoms with Crippen LogP contribution < -0.4 is 22.5 Å². The summed E-state index contributed by atoms with van der Waals surface area (Å²) >= 11 is 0. The second-order valence-corrected chi connectivity index (χ2v) is 4.67. The Morgan fingerprint density at radius 1 is 1.20 bits per heavy atom. The highest BCUT2D eigenvalue weighted by atomic mass is 16.3. The van der Waals surface area contributed by atoms with Crippen molar-refractivity contribution in [1.29, 1.82) is 0 Å². The highest BCUT2D eigenvalue weighted by Crippen LogP contribution is 2.25. The molecule has 0 saturated heterocycles. The van der Waals surface area contributed by atoms with Crippen molar-refractivity contribution in [2.45, 2.75) is 6.42 Å². The van der Waals surface area contributed by atoms with E-state index in [1.807, 2.05) is 12.1 Å². The summed E-state index contributed by atoms with van der Waals surface area (Å²) in [6.45, 7) is 1.67. The molecule has 0 bridgehead atoms. The van der Waals surface area contributed by atoms with Gasteiger partial charge in [0.05, 0.1) is 0 Å². The fraction of sp³-hybridized carbons (Fsp3) is 0.200. The molecule has 5 nitrogen and oxygen atoms in total. The Morgan fingerprint density at radius 2 is 1.95 bits per heavy atom. The van der Waals surface area contributed by atoms with Gasteiger partial charge in [-0.15, -0.1) is 0 Å². The summed E-state index contributed by atoms with van der Waals surface area (Å²) in [6.07, 6.45) is 4.62. The highest BCUT2D eigenvalue weighted by Gasteiger charge is 2.11. The third-order valence-electron chi connectivity index (χ3n) is 3.24. The van der Waals surface area contributed by atoms with E-state index in [2.05, 4.69) is 5.32 Å². The molecule has 5 heteroatoms. The fourth-order valence-corrected chi connectivity index (χ4v) is 2.18. The average Bonchev–Trinajstić information content (AvgIpc) is 2.45. The first-order chi connectivity index (χ1) is 9.59. The van der Waals surface area contributed by atoms with Gasteiger partial charge in [0.25, 0.3) is 0 Å². The number of benzene rings is 1. The van der Waals surface area contributed by atoms with Gasteiger partial charge in [0.1, 0.15) is 11.6 Å². The number of para-hydroxylation sites is 1. The van der Waals surface area contributed by atoms with E-state index in [0.717, 1.165) is 30.7 Å². The zero-order valence-electron chi connectivity index (χ0n) is 11.3. The lowest BCUT2D eigenvalue weighted by molar-refractivity contribution is 0.473. The topological polar surface area (TPSA) is 110 Å². The van der Waals surface area contributed by atoms with Crippen LogP contribution in [-0.2, 0) is 0 Å². The molecule has 106 valence electrons. The summed E-state index contributed by atoms with van der Waals surface area (Å²) in [5.41, 5.74) is 20.4. The van der Waals surface area contributed by atoms with E-state index in [1.54, 1.807) is 24.3 Å². The minimum absolute atomic E-state index is 0.135. The molecule has 1 aromatic rings. The highest BCUT2D eigenvalue weighted by molar-refractivity contribution is 5.71. The molecule has 1 aliphatic rings. The van der Waals surface area contributed by atoms with E-state index in [0.29, 0.717) is 11.3 Å². The molecular formula is C15H20N4O. The lowest BCUT2D eigenvalue weighted by Gasteiger charge is -2.16. The third-order valence-corrected chi connectivity index (χ3v) is 3.24. The molecular weight excluding hydrogens is 252 g/mol. The second-order valence-electron chi connectivity index (χ2n) is 4.67. The lowest BCUT2D eigenvalue weighted by atomic mass is 9.97. The number of nitrogens with one attached hydrogen (secondary N) is 1. The van der Waals surface area contributed by atoms with Crippen LogP contribution in [0.2, 0.25) is 0 Å². The monoisotopic (exact) mass is 272 g/mol. The number of allylic oxidation sites excluding steroid dienone is 2. The van der Waals surface area contributed by atoms with Gasteiger partial charge < -0.3 is 27.6 Å². The molecule has 0 unspecified atom stereocenters. The van der Waals surface area contributed by atoms with Gasteiger partial charge in [0.15, 0.2) is 0 Å². The van der Waals surface area contributed by atoms with Crippen LogP contribution in [0.25, 0.3) is 5.70 Å². The van der Waals surface area contributed by atoms with Crippen LogP contribution in [0.1, 0.15) is 12.0 Å². The van der Waals surface area contributed by atoms with Gasteiger partial charge >= 0.3 is 0 Å². The van der Waals surface area contributed by atoms with Crippen LogP contribution in [-0.4, -0.2) is 18.2 Å². The van der Waals surface area contributed by atoms with Crippen molar-refractivity contribution in [2.24, 2.45) is 17.2 Å². The summed E-state index contributed by atoms with van der Waals surface area (Å²) in [5, 5.41) is 13.0. The lowest BCUT2D eigenvalue weighted by Crippen LogP contribution is -2.23. The Hall–Kier alpha value is -2.40. The van der Waals surface area contributed by atoms with Gasteiger partial charge in [-0.3, -0.25) is 0 Å². The number of rotatable bonds is 3.